The quantitative estimate of drug-likeness (QED) is 0.408. The highest BCUT2D eigenvalue weighted by atomic mass is 19.4. The van der Waals surface area contributed by atoms with Crippen LogP contribution in [0, 0.1) is 32.0 Å². The molecule has 5 nitrogen and oxygen atoms in total. The number of fused-ring (bicyclic) bond motifs is 1. The van der Waals surface area contributed by atoms with Crippen LogP contribution >= 0.6 is 0 Å². The van der Waals surface area contributed by atoms with Crippen LogP contribution in [0.2, 0.25) is 0 Å². The van der Waals surface area contributed by atoms with Crippen LogP contribution in [0.1, 0.15) is 41.4 Å². The number of terminal acetylenes is 1. The van der Waals surface area contributed by atoms with Crippen molar-refractivity contribution in [1.29, 1.82) is 0 Å². The number of aromatic nitrogens is 3. The molecule has 1 aliphatic rings. The van der Waals surface area contributed by atoms with Crippen LogP contribution in [-0.2, 0) is 11.7 Å². The number of anilines is 1. The lowest BCUT2D eigenvalue weighted by atomic mass is 9.96. The fourth-order valence-corrected chi connectivity index (χ4v) is 4.02. The van der Waals surface area contributed by atoms with Gasteiger partial charge in [0.25, 0.3) is 12.0 Å². The Morgan fingerprint density at radius 2 is 1.88 bits per heavy atom. The number of nitrogens with zero attached hydrogens (tertiary/aromatic N) is 3. The first-order chi connectivity index (χ1) is 15.9. The highest BCUT2D eigenvalue weighted by molar-refractivity contribution is 5.89. The summed E-state index contributed by atoms with van der Waals surface area (Å²) in [6, 6.07) is 2.40. The van der Waals surface area contributed by atoms with E-state index in [0.717, 1.165) is 12.3 Å². The zero-order chi connectivity index (χ0) is 25.0. The molecule has 4 rings (SSSR count). The van der Waals surface area contributed by atoms with Gasteiger partial charge in [0.05, 0.1) is 10.9 Å². The van der Waals surface area contributed by atoms with Gasteiger partial charge in [0.2, 0.25) is 5.82 Å². The summed E-state index contributed by atoms with van der Waals surface area (Å²) in [6.45, 7) is 2.68. The van der Waals surface area contributed by atoms with E-state index in [0.29, 0.717) is 4.57 Å². The summed E-state index contributed by atoms with van der Waals surface area (Å²) in [6.07, 6.45) is -0.888. The number of alkyl halides is 5. The molecule has 1 atom stereocenters. The van der Waals surface area contributed by atoms with Crippen molar-refractivity contribution >= 4 is 16.7 Å². The highest BCUT2D eigenvalue weighted by Crippen LogP contribution is 2.48. The summed E-state index contributed by atoms with van der Waals surface area (Å²) in [7, 11) is 0. The Labute approximate surface area is 189 Å². The number of halogens is 6. The molecule has 1 fully saturated rings. The van der Waals surface area contributed by atoms with Crippen LogP contribution in [-0.4, -0.2) is 21.0 Å². The minimum Gasteiger partial charge on any atom is -0.352 e. The topological polar surface area (TPSA) is 59.8 Å². The number of hydrogen-bond donors (Lipinski definition) is 1. The van der Waals surface area contributed by atoms with E-state index >= 15 is 0 Å². The van der Waals surface area contributed by atoms with Crippen LogP contribution in [0.25, 0.3) is 10.9 Å². The lowest BCUT2D eigenvalue weighted by Gasteiger charge is -2.22. The van der Waals surface area contributed by atoms with Crippen molar-refractivity contribution in [3.8, 4) is 12.3 Å². The largest absolute Gasteiger partial charge is 0.416 e. The Morgan fingerprint density at radius 3 is 2.44 bits per heavy atom. The molecule has 0 spiro atoms. The van der Waals surface area contributed by atoms with Crippen LogP contribution < -0.4 is 10.9 Å². The van der Waals surface area contributed by atoms with E-state index in [2.05, 4.69) is 21.2 Å². The molecular formula is C23H18F6N4O. The number of aryl methyl sites for hydroxylation is 1. The summed E-state index contributed by atoms with van der Waals surface area (Å²) in [5.41, 5.74) is -4.32. The summed E-state index contributed by atoms with van der Waals surface area (Å²) >= 11 is 0. The fraction of sp³-hybridized carbons (Fsp3) is 0.348. The molecule has 34 heavy (non-hydrogen) atoms. The average Bonchev–Trinajstić information content (AvgIpc) is 3.56. The van der Waals surface area contributed by atoms with Gasteiger partial charge in [-0.2, -0.15) is 17.6 Å². The maximum Gasteiger partial charge on any atom is 0.416 e. The van der Waals surface area contributed by atoms with Crippen molar-refractivity contribution in [2.24, 2.45) is 0 Å². The second kappa shape index (κ2) is 8.04. The molecule has 0 amide bonds. The van der Waals surface area contributed by atoms with E-state index in [1.165, 1.54) is 26.0 Å². The zero-order valence-electron chi connectivity index (χ0n) is 18.0. The molecule has 2 heterocycles. The standard InChI is InChI=1S/C23H18F6N4O/c1-4-16(13-6-5-7-15(11(13)2)23(27,28)29)32-19-14-10-33(22(8-9-22)21(25)26)20(34)17(24)18(14)30-12(3)31-19/h1,5-7,10,16,21H,8-9H2,2-3H3,(H,30,31,32)/t16-/m1/s1. The van der Waals surface area contributed by atoms with Crippen molar-refractivity contribution in [3.05, 3.63) is 63.1 Å². The van der Waals surface area contributed by atoms with Gasteiger partial charge in [0, 0.05) is 6.20 Å². The number of hydrogen-bond acceptors (Lipinski definition) is 4. The molecule has 3 aromatic rings. The predicted octanol–water partition coefficient (Wildman–Crippen LogP) is 5.11. The maximum atomic E-state index is 15.0. The van der Waals surface area contributed by atoms with Crippen LogP contribution in [0.15, 0.2) is 29.2 Å². The van der Waals surface area contributed by atoms with E-state index in [1.807, 2.05) is 0 Å². The van der Waals surface area contributed by atoms with Gasteiger partial charge in [0.15, 0.2) is 0 Å². The van der Waals surface area contributed by atoms with Gasteiger partial charge in [0.1, 0.15) is 28.7 Å². The van der Waals surface area contributed by atoms with Gasteiger partial charge in [-0.15, -0.1) is 6.42 Å². The van der Waals surface area contributed by atoms with E-state index in [9.17, 15) is 31.1 Å². The third-order valence-corrected chi connectivity index (χ3v) is 6.02. The molecule has 1 aromatic carbocycles. The van der Waals surface area contributed by atoms with Gasteiger partial charge in [-0.3, -0.25) is 4.79 Å². The van der Waals surface area contributed by atoms with E-state index in [-0.39, 0.29) is 41.0 Å². The minimum absolute atomic E-state index is 0.0125. The molecule has 1 N–H and O–H groups in total. The van der Waals surface area contributed by atoms with Gasteiger partial charge in [-0.1, -0.05) is 18.1 Å². The SMILES string of the molecule is C#C[C@@H](Nc1nc(C)nc2c(F)c(=O)n(C3(C(F)F)CC3)cc12)c1cccc(C(F)(F)F)c1C. The van der Waals surface area contributed by atoms with Gasteiger partial charge >= 0.3 is 6.18 Å². The molecule has 0 saturated heterocycles. The van der Waals surface area contributed by atoms with Crippen molar-refractivity contribution in [3.63, 3.8) is 0 Å². The molecule has 0 radical (unpaired) electrons. The maximum absolute atomic E-state index is 15.0. The number of benzene rings is 1. The average molecular weight is 480 g/mol. The van der Waals surface area contributed by atoms with Gasteiger partial charge in [-0.05, 0) is 43.9 Å². The third-order valence-electron chi connectivity index (χ3n) is 6.02. The first-order valence-electron chi connectivity index (χ1n) is 10.2. The molecular weight excluding hydrogens is 462 g/mol. The summed E-state index contributed by atoms with van der Waals surface area (Å²) in [4.78, 5) is 20.6. The summed E-state index contributed by atoms with van der Waals surface area (Å²) in [5.74, 6) is 0.965. The van der Waals surface area contributed by atoms with Gasteiger partial charge in [-0.25, -0.2) is 18.7 Å². The molecule has 0 unspecified atom stereocenters. The number of pyridine rings is 1. The van der Waals surface area contributed by atoms with Crippen molar-refractivity contribution in [1.82, 2.24) is 14.5 Å². The van der Waals surface area contributed by atoms with Crippen LogP contribution in [0.5, 0.6) is 0 Å². The first-order valence-corrected chi connectivity index (χ1v) is 10.2. The molecule has 0 aliphatic heterocycles. The smallest absolute Gasteiger partial charge is 0.352 e. The molecule has 178 valence electrons. The van der Waals surface area contributed by atoms with Crippen molar-refractivity contribution < 1.29 is 26.3 Å². The molecule has 1 saturated carbocycles. The molecule has 2 aromatic heterocycles. The monoisotopic (exact) mass is 480 g/mol. The highest BCUT2D eigenvalue weighted by Gasteiger charge is 2.54. The Kier molecular flexibility index (Phi) is 5.58. The normalized spacial score (nSPS) is 15.9. The first kappa shape index (κ1) is 23.6. The Balaban J connectivity index is 1.88. The Morgan fingerprint density at radius 1 is 1.21 bits per heavy atom. The lowest BCUT2D eigenvalue weighted by molar-refractivity contribution is -0.138. The predicted molar refractivity (Wildman–Crippen MR) is 113 cm³/mol. The number of rotatable bonds is 5. The second-order valence-electron chi connectivity index (χ2n) is 8.17. The van der Waals surface area contributed by atoms with E-state index < -0.39 is 46.6 Å². The van der Waals surface area contributed by atoms with Crippen LogP contribution in [0.4, 0.5) is 32.2 Å². The molecule has 0 bridgehead atoms. The minimum atomic E-state index is -4.61. The van der Waals surface area contributed by atoms with Crippen molar-refractivity contribution in [2.45, 2.75) is 50.9 Å². The summed E-state index contributed by atoms with van der Waals surface area (Å²) in [5, 5.41) is 2.70. The Bertz CT molecular complexity index is 1390. The summed E-state index contributed by atoms with van der Waals surface area (Å²) < 4.78 is 83.0. The van der Waals surface area contributed by atoms with E-state index in [4.69, 9.17) is 6.42 Å². The van der Waals surface area contributed by atoms with Crippen molar-refractivity contribution in [2.75, 3.05) is 5.32 Å². The van der Waals surface area contributed by atoms with E-state index in [1.54, 1.807) is 0 Å². The lowest BCUT2D eigenvalue weighted by Crippen LogP contribution is -2.37. The zero-order valence-corrected chi connectivity index (χ0v) is 18.0. The Hall–Kier alpha value is -3.55. The molecule has 1 aliphatic carbocycles. The second-order valence-corrected chi connectivity index (χ2v) is 8.17. The fourth-order valence-electron chi connectivity index (χ4n) is 4.02. The van der Waals surface area contributed by atoms with Crippen LogP contribution in [0.3, 0.4) is 0 Å². The van der Waals surface area contributed by atoms with Gasteiger partial charge < -0.3 is 9.88 Å². The third kappa shape index (κ3) is 3.77. The number of nitrogens with one attached hydrogen (secondary N) is 1. The molecule has 11 heteroatoms.